The number of para-hydroxylation sites is 1. The van der Waals surface area contributed by atoms with Crippen LogP contribution in [0.3, 0.4) is 0 Å². The zero-order valence-electron chi connectivity index (χ0n) is 11.5. The molecule has 0 aliphatic carbocycles. The normalized spacial score (nSPS) is 11.1. The van der Waals surface area contributed by atoms with Crippen molar-refractivity contribution in [1.82, 2.24) is 5.32 Å². The third-order valence-corrected chi connectivity index (χ3v) is 3.04. The van der Waals surface area contributed by atoms with Gasteiger partial charge in [-0.1, -0.05) is 18.2 Å². The third kappa shape index (κ3) is 3.37. The summed E-state index contributed by atoms with van der Waals surface area (Å²) >= 11 is 0. The summed E-state index contributed by atoms with van der Waals surface area (Å²) in [6, 6.07) is 7.36. The molecule has 0 unspecified atom stereocenters. The Balaban J connectivity index is 2.04. The Hall–Kier alpha value is -1.85. The van der Waals surface area contributed by atoms with Crippen molar-refractivity contribution in [3.63, 3.8) is 0 Å². The van der Waals surface area contributed by atoms with Gasteiger partial charge in [0.1, 0.15) is 5.58 Å². The molecule has 2 aromatic rings. The van der Waals surface area contributed by atoms with E-state index in [1.807, 2.05) is 25.1 Å². The van der Waals surface area contributed by atoms with E-state index < -0.39 is 5.97 Å². The fraction of sp³-hybridized carbons (Fsp3) is 0.400. The van der Waals surface area contributed by atoms with Gasteiger partial charge >= 0.3 is 5.97 Å². The van der Waals surface area contributed by atoms with Gasteiger partial charge in [0, 0.05) is 30.7 Å². The van der Waals surface area contributed by atoms with E-state index in [2.05, 4.69) is 5.32 Å². The number of furan rings is 1. The number of aromatic carboxylic acids is 1. The molecule has 108 valence electrons. The fourth-order valence-electron chi connectivity index (χ4n) is 2.10. The van der Waals surface area contributed by atoms with Gasteiger partial charge in [-0.15, -0.1) is 0 Å². The van der Waals surface area contributed by atoms with E-state index >= 15 is 0 Å². The molecule has 5 nitrogen and oxygen atoms in total. The minimum absolute atomic E-state index is 0.0171. The predicted octanol–water partition coefficient (Wildman–Crippen LogP) is 2.65. The second-order valence-electron chi connectivity index (χ2n) is 4.44. The molecule has 0 atom stereocenters. The Morgan fingerprint density at radius 2 is 2.20 bits per heavy atom. The number of carboxylic acid groups (broad SMARTS) is 1. The first-order valence-electron chi connectivity index (χ1n) is 6.76. The lowest BCUT2D eigenvalue weighted by Gasteiger charge is -2.04. The van der Waals surface area contributed by atoms with Crippen molar-refractivity contribution >= 4 is 16.9 Å². The van der Waals surface area contributed by atoms with E-state index in [-0.39, 0.29) is 5.76 Å². The molecule has 20 heavy (non-hydrogen) atoms. The molecule has 0 spiro atoms. The third-order valence-electron chi connectivity index (χ3n) is 3.04. The topological polar surface area (TPSA) is 71.7 Å². The van der Waals surface area contributed by atoms with Crippen LogP contribution in [0.15, 0.2) is 28.7 Å². The van der Waals surface area contributed by atoms with Gasteiger partial charge in [-0.05, 0) is 26.0 Å². The Labute approximate surface area is 117 Å². The first-order chi connectivity index (χ1) is 9.74. The molecule has 2 rings (SSSR count). The van der Waals surface area contributed by atoms with Crippen LogP contribution in [0, 0.1) is 0 Å². The Kier molecular flexibility index (Phi) is 5.15. The lowest BCUT2D eigenvalue weighted by Crippen LogP contribution is -2.17. The predicted molar refractivity (Wildman–Crippen MR) is 76.0 cm³/mol. The van der Waals surface area contributed by atoms with Crippen molar-refractivity contribution in [2.75, 3.05) is 19.8 Å². The summed E-state index contributed by atoms with van der Waals surface area (Å²) in [4.78, 5) is 11.2. The largest absolute Gasteiger partial charge is 0.475 e. The van der Waals surface area contributed by atoms with Crippen molar-refractivity contribution in [1.29, 1.82) is 0 Å². The summed E-state index contributed by atoms with van der Waals surface area (Å²) < 4.78 is 10.6. The van der Waals surface area contributed by atoms with Gasteiger partial charge in [-0.2, -0.15) is 0 Å². The molecular weight excluding hydrogens is 258 g/mol. The molecule has 0 fully saturated rings. The van der Waals surface area contributed by atoms with Gasteiger partial charge in [-0.25, -0.2) is 4.79 Å². The molecule has 1 heterocycles. The first-order valence-corrected chi connectivity index (χ1v) is 6.76. The zero-order chi connectivity index (χ0) is 14.4. The SMILES string of the molecule is CCOCCCNCc1c(C(=O)O)oc2ccccc12. The van der Waals surface area contributed by atoms with Gasteiger partial charge in [-0.3, -0.25) is 0 Å². The molecular formula is C15H19NO4. The highest BCUT2D eigenvalue weighted by atomic mass is 16.5. The molecule has 0 amide bonds. The summed E-state index contributed by atoms with van der Waals surface area (Å²) in [5, 5.41) is 13.3. The van der Waals surface area contributed by atoms with E-state index in [1.165, 1.54) is 0 Å². The Morgan fingerprint density at radius 3 is 2.95 bits per heavy atom. The molecule has 0 saturated heterocycles. The van der Waals surface area contributed by atoms with Crippen LogP contribution in [0.4, 0.5) is 0 Å². The number of carbonyl (C=O) groups is 1. The van der Waals surface area contributed by atoms with Crippen LogP contribution in [0.2, 0.25) is 0 Å². The number of carboxylic acids is 1. The number of rotatable bonds is 8. The molecule has 1 aromatic heterocycles. The number of hydrogen-bond acceptors (Lipinski definition) is 4. The smallest absolute Gasteiger partial charge is 0.372 e. The molecule has 0 aliphatic heterocycles. The van der Waals surface area contributed by atoms with Crippen LogP contribution in [0.1, 0.15) is 29.5 Å². The van der Waals surface area contributed by atoms with Crippen molar-refractivity contribution in [2.24, 2.45) is 0 Å². The van der Waals surface area contributed by atoms with Crippen LogP contribution in [0.5, 0.6) is 0 Å². The molecule has 0 bridgehead atoms. The molecule has 0 radical (unpaired) electrons. The van der Waals surface area contributed by atoms with E-state index in [1.54, 1.807) is 6.07 Å². The van der Waals surface area contributed by atoms with E-state index in [0.717, 1.165) is 25.0 Å². The lowest BCUT2D eigenvalue weighted by atomic mass is 10.1. The molecule has 5 heteroatoms. The van der Waals surface area contributed by atoms with E-state index in [9.17, 15) is 9.90 Å². The second-order valence-corrected chi connectivity index (χ2v) is 4.44. The first kappa shape index (κ1) is 14.6. The maximum absolute atomic E-state index is 11.2. The summed E-state index contributed by atoms with van der Waals surface area (Å²) in [6.45, 7) is 4.64. The molecule has 1 aromatic carbocycles. The Bertz CT molecular complexity index is 576. The highest BCUT2D eigenvalue weighted by Crippen LogP contribution is 2.25. The number of nitrogens with one attached hydrogen (secondary N) is 1. The minimum atomic E-state index is -1.03. The molecule has 0 saturated carbocycles. The van der Waals surface area contributed by atoms with E-state index in [0.29, 0.717) is 24.3 Å². The van der Waals surface area contributed by atoms with Crippen LogP contribution in [-0.2, 0) is 11.3 Å². The second kappa shape index (κ2) is 7.07. The van der Waals surface area contributed by atoms with Gasteiger partial charge in [0.2, 0.25) is 5.76 Å². The highest BCUT2D eigenvalue weighted by Gasteiger charge is 2.18. The zero-order valence-corrected chi connectivity index (χ0v) is 11.5. The van der Waals surface area contributed by atoms with Crippen LogP contribution >= 0.6 is 0 Å². The van der Waals surface area contributed by atoms with Crippen LogP contribution < -0.4 is 5.32 Å². The van der Waals surface area contributed by atoms with Crippen molar-refractivity contribution in [3.8, 4) is 0 Å². The Morgan fingerprint density at radius 1 is 1.40 bits per heavy atom. The van der Waals surface area contributed by atoms with Gasteiger partial charge in [0.25, 0.3) is 0 Å². The minimum Gasteiger partial charge on any atom is -0.475 e. The summed E-state index contributed by atoms with van der Waals surface area (Å²) in [5.41, 5.74) is 1.31. The molecule has 0 aliphatic rings. The van der Waals surface area contributed by atoms with Gasteiger partial charge < -0.3 is 19.6 Å². The van der Waals surface area contributed by atoms with Gasteiger partial charge in [0.05, 0.1) is 0 Å². The standard InChI is InChI=1S/C15H19NO4/c1-2-19-9-5-8-16-10-12-11-6-3-4-7-13(11)20-14(12)15(17)18/h3-4,6-7,16H,2,5,8-10H2,1H3,(H,17,18). The van der Waals surface area contributed by atoms with Crippen molar-refractivity contribution in [3.05, 3.63) is 35.6 Å². The number of benzene rings is 1. The molecule has 2 N–H and O–H groups in total. The number of ether oxygens (including phenoxy) is 1. The van der Waals surface area contributed by atoms with Crippen molar-refractivity contribution < 1.29 is 19.1 Å². The van der Waals surface area contributed by atoms with Crippen LogP contribution in [0.25, 0.3) is 11.0 Å². The van der Waals surface area contributed by atoms with E-state index in [4.69, 9.17) is 9.15 Å². The summed E-state index contributed by atoms with van der Waals surface area (Å²) in [5.74, 6) is -1.02. The highest BCUT2D eigenvalue weighted by molar-refractivity contribution is 5.95. The van der Waals surface area contributed by atoms with Crippen molar-refractivity contribution in [2.45, 2.75) is 19.9 Å². The van der Waals surface area contributed by atoms with Crippen LogP contribution in [-0.4, -0.2) is 30.8 Å². The van der Waals surface area contributed by atoms with Gasteiger partial charge in [0.15, 0.2) is 0 Å². The number of hydrogen-bond donors (Lipinski definition) is 2. The fourth-order valence-corrected chi connectivity index (χ4v) is 2.10. The average Bonchev–Trinajstić information content (AvgIpc) is 2.82. The summed E-state index contributed by atoms with van der Waals surface area (Å²) in [7, 11) is 0. The summed E-state index contributed by atoms with van der Waals surface area (Å²) in [6.07, 6.45) is 0.895. The average molecular weight is 277 g/mol. The maximum Gasteiger partial charge on any atom is 0.372 e. The maximum atomic E-state index is 11.2. The lowest BCUT2D eigenvalue weighted by molar-refractivity contribution is 0.0663. The monoisotopic (exact) mass is 277 g/mol. The number of fused-ring (bicyclic) bond motifs is 1. The quantitative estimate of drug-likeness (QED) is 0.726.